The monoisotopic (exact) mass is 447 g/mol. The molecule has 0 unspecified atom stereocenters. The number of hydrogen-bond donors (Lipinski definition) is 1. The van der Waals surface area contributed by atoms with Gasteiger partial charge in [0.2, 0.25) is 0 Å². The number of nitrogens with one attached hydrogen (secondary N) is 1. The number of unbranched alkanes of at least 4 members (excludes halogenated alkanes) is 4. The van der Waals surface area contributed by atoms with Gasteiger partial charge in [0.15, 0.2) is 0 Å². The van der Waals surface area contributed by atoms with Crippen LogP contribution < -0.4 is 5.32 Å². The number of hydrogen-bond acceptors (Lipinski definition) is 4. The number of amides is 1. The van der Waals surface area contributed by atoms with E-state index in [1.165, 1.54) is 25.7 Å². The number of carbonyl (C=O) groups is 2. The third-order valence-corrected chi connectivity index (χ3v) is 4.24. The molecular formula is C27H45NO4. The van der Waals surface area contributed by atoms with Gasteiger partial charge in [-0.25, -0.2) is 4.79 Å². The molecule has 1 amide bonds. The second kappa shape index (κ2) is 20.6. The van der Waals surface area contributed by atoms with Crippen LogP contribution in [0.5, 0.6) is 0 Å². The van der Waals surface area contributed by atoms with Crippen LogP contribution in [0.4, 0.5) is 4.79 Å². The number of rotatable bonds is 17. The molecule has 0 heterocycles. The summed E-state index contributed by atoms with van der Waals surface area (Å²) in [5.74, 6) is -0.244. The maximum Gasteiger partial charge on any atom is 0.407 e. The summed E-state index contributed by atoms with van der Waals surface area (Å²) in [5.41, 5.74) is -0.536. The molecular weight excluding hydrogens is 402 g/mol. The average Bonchev–Trinajstić information content (AvgIpc) is 2.72. The minimum atomic E-state index is -0.536. The molecule has 182 valence electrons. The van der Waals surface area contributed by atoms with Gasteiger partial charge in [0.25, 0.3) is 0 Å². The minimum absolute atomic E-state index is 0.155. The van der Waals surface area contributed by atoms with Crippen molar-refractivity contribution < 1.29 is 19.1 Å². The Morgan fingerprint density at radius 1 is 0.781 bits per heavy atom. The Bertz CT molecular complexity index is 597. The molecule has 32 heavy (non-hydrogen) atoms. The molecule has 0 rings (SSSR count). The van der Waals surface area contributed by atoms with Gasteiger partial charge in [-0.2, -0.15) is 0 Å². The molecule has 0 saturated carbocycles. The Balaban J connectivity index is 3.56. The van der Waals surface area contributed by atoms with E-state index in [-0.39, 0.29) is 19.1 Å². The number of carbonyl (C=O) groups excluding carboxylic acids is 2. The normalized spacial score (nSPS) is 12.4. The first-order valence-corrected chi connectivity index (χ1v) is 12.1. The second-order valence-electron chi connectivity index (χ2n) is 8.63. The van der Waals surface area contributed by atoms with Crippen LogP contribution in [-0.2, 0) is 14.3 Å². The van der Waals surface area contributed by atoms with E-state index in [0.29, 0.717) is 6.42 Å². The first kappa shape index (κ1) is 29.7. The summed E-state index contributed by atoms with van der Waals surface area (Å²) < 4.78 is 10.2. The summed E-state index contributed by atoms with van der Waals surface area (Å²) in [6.07, 6.45) is 27.0. The molecule has 0 aromatic heterocycles. The van der Waals surface area contributed by atoms with Crippen molar-refractivity contribution >= 4 is 12.1 Å². The summed E-state index contributed by atoms with van der Waals surface area (Å²) >= 11 is 0. The third kappa shape index (κ3) is 24.0. The number of alkyl carbamates (subject to hydrolysis) is 1. The predicted octanol–water partition coefficient (Wildman–Crippen LogP) is 7.20. The third-order valence-electron chi connectivity index (χ3n) is 4.24. The van der Waals surface area contributed by atoms with Gasteiger partial charge in [-0.15, -0.1) is 0 Å². The Hall–Kier alpha value is -2.30. The van der Waals surface area contributed by atoms with Crippen LogP contribution in [0.25, 0.3) is 0 Å². The van der Waals surface area contributed by atoms with Gasteiger partial charge in [-0.1, -0.05) is 68.4 Å². The minimum Gasteiger partial charge on any atom is -0.464 e. The maximum atomic E-state index is 11.7. The fraction of sp³-hybridized carbons (Fsp3) is 0.630. The topological polar surface area (TPSA) is 64.6 Å². The summed E-state index contributed by atoms with van der Waals surface area (Å²) in [6, 6.07) is 0. The lowest BCUT2D eigenvalue weighted by Gasteiger charge is -2.19. The van der Waals surface area contributed by atoms with E-state index >= 15 is 0 Å². The lowest BCUT2D eigenvalue weighted by atomic mass is 10.2. The Labute approximate surface area is 196 Å². The van der Waals surface area contributed by atoms with E-state index < -0.39 is 11.7 Å². The van der Waals surface area contributed by atoms with E-state index in [1.807, 2.05) is 0 Å². The Morgan fingerprint density at radius 2 is 1.31 bits per heavy atom. The van der Waals surface area contributed by atoms with Crippen LogP contribution in [0.1, 0.15) is 91.9 Å². The summed E-state index contributed by atoms with van der Waals surface area (Å²) in [5, 5.41) is 2.56. The molecule has 0 atom stereocenters. The average molecular weight is 448 g/mol. The fourth-order valence-electron chi connectivity index (χ4n) is 2.63. The molecule has 0 aliphatic rings. The molecule has 5 nitrogen and oxygen atoms in total. The molecule has 1 N–H and O–H groups in total. The van der Waals surface area contributed by atoms with Crippen molar-refractivity contribution in [3.63, 3.8) is 0 Å². The summed E-state index contributed by atoms with van der Waals surface area (Å²) in [6.45, 7) is 8.02. The van der Waals surface area contributed by atoms with Gasteiger partial charge in [0.05, 0.1) is 6.54 Å². The van der Waals surface area contributed by atoms with Crippen molar-refractivity contribution in [3.8, 4) is 0 Å². The van der Waals surface area contributed by atoms with Gasteiger partial charge in [-0.05, 0) is 65.7 Å². The van der Waals surface area contributed by atoms with Crippen molar-refractivity contribution in [1.82, 2.24) is 5.32 Å². The highest BCUT2D eigenvalue weighted by atomic mass is 16.6. The van der Waals surface area contributed by atoms with Crippen LogP contribution in [0.2, 0.25) is 0 Å². The summed E-state index contributed by atoms with van der Waals surface area (Å²) in [4.78, 5) is 23.1. The van der Waals surface area contributed by atoms with Crippen LogP contribution >= 0.6 is 0 Å². The van der Waals surface area contributed by atoms with E-state index in [9.17, 15) is 9.59 Å². The standard InChI is InChI=1S/C27H45NO4/c1-5-6-7-8-9-10-11-12-13-14-15-16-17-18-19-20-21-22-25(29)31-24-23-28-26(30)32-27(2,3)4/h9-10,12-13,15-16,18-19H,5-8,11,14,17,20-24H2,1-4H3,(H,28,30)/b10-9-,13-12-,16-15-,19-18-. The first-order valence-electron chi connectivity index (χ1n) is 12.1. The first-order chi connectivity index (χ1) is 15.3. The molecule has 0 saturated heterocycles. The van der Waals surface area contributed by atoms with Crippen LogP contribution in [0.3, 0.4) is 0 Å². The molecule has 0 aromatic carbocycles. The van der Waals surface area contributed by atoms with Crippen molar-refractivity contribution in [2.75, 3.05) is 13.2 Å². The number of allylic oxidation sites excluding steroid dienone is 8. The van der Waals surface area contributed by atoms with E-state index in [1.54, 1.807) is 20.8 Å². The highest BCUT2D eigenvalue weighted by Crippen LogP contribution is 2.06. The lowest BCUT2D eigenvalue weighted by molar-refractivity contribution is -0.143. The quantitative estimate of drug-likeness (QED) is 0.145. The molecule has 0 radical (unpaired) electrons. The highest BCUT2D eigenvalue weighted by Gasteiger charge is 2.15. The van der Waals surface area contributed by atoms with Gasteiger partial charge in [0.1, 0.15) is 12.2 Å². The van der Waals surface area contributed by atoms with Crippen LogP contribution in [-0.4, -0.2) is 30.8 Å². The van der Waals surface area contributed by atoms with Crippen LogP contribution in [0, 0.1) is 0 Å². The molecule has 0 spiro atoms. The zero-order valence-electron chi connectivity index (χ0n) is 20.7. The maximum absolute atomic E-state index is 11.7. The Morgan fingerprint density at radius 3 is 1.84 bits per heavy atom. The molecule has 0 aromatic rings. The van der Waals surface area contributed by atoms with Crippen molar-refractivity contribution in [3.05, 3.63) is 48.6 Å². The van der Waals surface area contributed by atoms with Crippen molar-refractivity contribution in [2.24, 2.45) is 0 Å². The molecule has 0 bridgehead atoms. The van der Waals surface area contributed by atoms with Gasteiger partial charge in [-0.3, -0.25) is 4.79 Å². The lowest BCUT2D eigenvalue weighted by Crippen LogP contribution is -2.34. The van der Waals surface area contributed by atoms with Gasteiger partial charge in [0, 0.05) is 6.42 Å². The molecule has 5 heteroatoms. The zero-order chi connectivity index (χ0) is 23.9. The van der Waals surface area contributed by atoms with Crippen molar-refractivity contribution in [1.29, 1.82) is 0 Å². The molecule has 0 fully saturated rings. The molecule has 0 aliphatic heterocycles. The SMILES string of the molecule is CCCCC/C=C\C/C=C\C/C=C\C/C=C\CCCC(=O)OCCNC(=O)OC(C)(C)C. The van der Waals surface area contributed by atoms with Crippen molar-refractivity contribution in [2.45, 2.75) is 97.5 Å². The Kier molecular flexibility index (Phi) is 19.1. The van der Waals surface area contributed by atoms with Gasteiger partial charge < -0.3 is 14.8 Å². The number of esters is 1. The van der Waals surface area contributed by atoms with E-state index in [2.05, 4.69) is 60.8 Å². The highest BCUT2D eigenvalue weighted by molar-refractivity contribution is 5.69. The zero-order valence-corrected chi connectivity index (χ0v) is 20.7. The largest absolute Gasteiger partial charge is 0.464 e. The predicted molar refractivity (Wildman–Crippen MR) is 134 cm³/mol. The van der Waals surface area contributed by atoms with Gasteiger partial charge >= 0.3 is 12.1 Å². The van der Waals surface area contributed by atoms with E-state index in [0.717, 1.165) is 32.1 Å². The smallest absolute Gasteiger partial charge is 0.407 e. The number of ether oxygens (including phenoxy) is 2. The van der Waals surface area contributed by atoms with E-state index in [4.69, 9.17) is 9.47 Å². The molecule has 0 aliphatic carbocycles. The summed E-state index contributed by atoms with van der Waals surface area (Å²) in [7, 11) is 0. The van der Waals surface area contributed by atoms with Crippen LogP contribution in [0.15, 0.2) is 48.6 Å². The fourth-order valence-corrected chi connectivity index (χ4v) is 2.63. The second-order valence-corrected chi connectivity index (χ2v) is 8.63.